The molecule has 0 saturated heterocycles. The highest BCUT2D eigenvalue weighted by Gasteiger charge is 2.07. The minimum Gasteiger partial charge on any atom is -0.340 e. The van der Waals surface area contributed by atoms with Crippen molar-refractivity contribution in [2.45, 2.75) is 17.8 Å². The van der Waals surface area contributed by atoms with Gasteiger partial charge in [-0.25, -0.2) is 15.0 Å². The van der Waals surface area contributed by atoms with Crippen LogP contribution in [-0.2, 0) is 12.8 Å². The van der Waals surface area contributed by atoms with E-state index in [1.807, 2.05) is 42.2 Å². The predicted molar refractivity (Wildman–Crippen MR) is 107 cm³/mol. The Morgan fingerprint density at radius 3 is 2.81 bits per heavy atom. The SMILES string of the molecule is Cc1cccc(Nc2ncnc3ccc(CSc4nccn4C)cc23)c1. The molecule has 130 valence electrons. The standard InChI is InChI=1S/C20H19N5S/c1-14-4-3-5-16(10-14)24-19-17-11-15(6-7-18(17)22-13-23-19)12-26-20-21-8-9-25(20)2/h3-11,13H,12H2,1-2H3,(H,22,23,24). The Hall–Kier alpha value is -2.86. The summed E-state index contributed by atoms with van der Waals surface area (Å²) in [5.74, 6) is 1.67. The van der Waals surface area contributed by atoms with Gasteiger partial charge >= 0.3 is 0 Å². The molecule has 1 N–H and O–H groups in total. The summed E-state index contributed by atoms with van der Waals surface area (Å²) < 4.78 is 2.03. The molecule has 4 aromatic rings. The molecule has 0 radical (unpaired) electrons. The highest BCUT2D eigenvalue weighted by atomic mass is 32.2. The third-order valence-electron chi connectivity index (χ3n) is 4.13. The maximum Gasteiger partial charge on any atom is 0.167 e. The van der Waals surface area contributed by atoms with Crippen molar-refractivity contribution in [3.05, 3.63) is 72.3 Å². The molecule has 0 saturated carbocycles. The van der Waals surface area contributed by atoms with Gasteiger partial charge in [0.15, 0.2) is 5.16 Å². The Morgan fingerprint density at radius 2 is 2.00 bits per heavy atom. The van der Waals surface area contributed by atoms with Crippen molar-refractivity contribution in [3.63, 3.8) is 0 Å². The van der Waals surface area contributed by atoms with E-state index in [0.29, 0.717) is 0 Å². The maximum absolute atomic E-state index is 4.45. The lowest BCUT2D eigenvalue weighted by Crippen LogP contribution is -1.97. The Morgan fingerprint density at radius 1 is 1.08 bits per heavy atom. The monoisotopic (exact) mass is 361 g/mol. The predicted octanol–water partition coefficient (Wildman–Crippen LogP) is 4.71. The van der Waals surface area contributed by atoms with Gasteiger partial charge in [0.2, 0.25) is 0 Å². The largest absolute Gasteiger partial charge is 0.340 e. The van der Waals surface area contributed by atoms with Crippen LogP contribution in [0.2, 0.25) is 0 Å². The second-order valence-corrected chi connectivity index (χ2v) is 7.12. The van der Waals surface area contributed by atoms with Gasteiger partial charge < -0.3 is 9.88 Å². The highest BCUT2D eigenvalue weighted by molar-refractivity contribution is 7.98. The van der Waals surface area contributed by atoms with Crippen LogP contribution in [0.4, 0.5) is 11.5 Å². The fourth-order valence-electron chi connectivity index (χ4n) is 2.79. The third-order valence-corrected chi connectivity index (χ3v) is 5.25. The smallest absolute Gasteiger partial charge is 0.167 e. The topological polar surface area (TPSA) is 55.6 Å². The van der Waals surface area contributed by atoms with E-state index in [-0.39, 0.29) is 0 Å². The first kappa shape index (κ1) is 16.6. The summed E-state index contributed by atoms with van der Waals surface area (Å²) in [5.41, 5.74) is 4.38. The van der Waals surface area contributed by atoms with Gasteiger partial charge in [-0.15, -0.1) is 0 Å². The second kappa shape index (κ2) is 7.17. The maximum atomic E-state index is 4.45. The van der Waals surface area contributed by atoms with Crippen molar-refractivity contribution in [2.24, 2.45) is 7.05 Å². The lowest BCUT2D eigenvalue weighted by Gasteiger charge is -2.10. The van der Waals surface area contributed by atoms with E-state index in [9.17, 15) is 0 Å². The lowest BCUT2D eigenvalue weighted by atomic mass is 10.1. The number of hydrogen-bond acceptors (Lipinski definition) is 5. The molecular formula is C20H19N5S. The molecule has 0 amide bonds. The molecule has 4 rings (SSSR count). The number of benzene rings is 2. The fraction of sp³-hybridized carbons (Fsp3) is 0.150. The molecule has 0 unspecified atom stereocenters. The lowest BCUT2D eigenvalue weighted by molar-refractivity contribution is 0.790. The van der Waals surface area contributed by atoms with Crippen molar-refractivity contribution in [3.8, 4) is 0 Å². The van der Waals surface area contributed by atoms with Gasteiger partial charge in [-0.05, 0) is 42.3 Å². The third kappa shape index (κ3) is 3.55. The zero-order valence-electron chi connectivity index (χ0n) is 14.7. The molecule has 0 atom stereocenters. The summed E-state index contributed by atoms with van der Waals surface area (Å²) >= 11 is 1.72. The summed E-state index contributed by atoms with van der Waals surface area (Å²) in [4.78, 5) is 13.2. The van der Waals surface area contributed by atoms with Gasteiger partial charge in [0.1, 0.15) is 12.1 Å². The molecule has 2 heterocycles. The molecule has 0 spiro atoms. The number of hydrogen-bond donors (Lipinski definition) is 1. The first-order valence-electron chi connectivity index (χ1n) is 8.36. The van der Waals surface area contributed by atoms with Crippen LogP contribution in [0.3, 0.4) is 0 Å². The molecule has 0 fully saturated rings. The van der Waals surface area contributed by atoms with Crippen LogP contribution < -0.4 is 5.32 Å². The number of thioether (sulfide) groups is 1. The average Bonchev–Trinajstić information content (AvgIpc) is 3.05. The molecule has 0 bridgehead atoms. The molecule has 2 aromatic heterocycles. The molecule has 5 nitrogen and oxygen atoms in total. The summed E-state index contributed by atoms with van der Waals surface area (Å²) in [6.07, 6.45) is 5.38. The van der Waals surface area contributed by atoms with Crippen LogP contribution in [0.25, 0.3) is 10.9 Å². The van der Waals surface area contributed by atoms with E-state index in [2.05, 4.69) is 51.5 Å². The van der Waals surface area contributed by atoms with Crippen LogP contribution in [-0.4, -0.2) is 19.5 Å². The number of aryl methyl sites for hydroxylation is 2. The summed E-state index contributed by atoms with van der Waals surface area (Å²) in [5, 5.41) is 5.45. The normalized spacial score (nSPS) is 11.0. The van der Waals surface area contributed by atoms with Crippen molar-refractivity contribution in [1.29, 1.82) is 0 Å². The molecular weight excluding hydrogens is 342 g/mol. The van der Waals surface area contributed by atoms with Crippen molar-refractivity contribution in [1.82, 2.24) is 19.5 Å². The van der Waals surface area contributed by atoms with E-state index < -0.39 is 0 Å². The second-order valence-electron chi connectivity index (χ2n) is 6.18. The summed E-state index contributed by atoms with van der Waals surface area (Å²) in [7, 11) is 2.01. The van der Waals surface area contributed by atoms with Gasteiger partial charge in [-0.1, -0.05) is 30.0 Å². The van der Waals surface area contributed by atoms with Crippen molar-refractivity contribution >= 4 is 34.2 Å². The van der Waals surface area contributed by atoms with Gasteiger partial charge in [0.05, 0.1) is 5.52 Å². The van der Waals surface area contributed by atoms with Crippen LogP contribution >= 0.6 is 11.8 Å². The first-order chi connectivity index (χ1) is 12.7. The van der Waals surface area contributed by atoms with Gasteiger partial charge in [0.25, 0.3) is 0 Å². The van der Waals surface area contributed by atoms with Crippen molar-refractivity contribution in [2.75, 3.05) is 5.32 Å². The van der Waals surface area contributed by atoms with E-state index in [1.165, 1.54) is 11.1 Å². The summed E-state index contributed by atoms with van der Waals surface area (Å²) in [6, 6.07) is 14.6. The first-order valence-corrected chi connectivity index (χ1v) is 9.35. The Balaban J connectivity index is 1.62. The Kier molecular flexibility index (Phi) is 4.58. The van der Waals surface area contributed by atoms with Crippen LogP contribution in [0, 0.1) is 6.92 Å². The average molecular weight is 361 g/mol. The van der Waals surface area contributed by atoms with E-state index in [1.54, 1.807) is 18.1 Å². The highest BCUT2D eigenvalue weighted by Crippen LogP contribution is 2.27. The number of rotatable bonds is 5. The van der Waals surface area contributed by atoms with Crippen LogP contribution in [0.15, 0.2) is 66.3 Å². The molecule has 6 heteroatoms. The Labute approximate surface area is 156 Å². The summed E-state index contributed by atoms with van der Waals surface area (Å²) in [6.45, 7) is 2.08. The van der Waals surface area contributed by atoms with Gasteiger partial charge in [-0.2, -0.15) is 0 Å². The molecule has 0 aliphatic carbocycles. The van der Waals surface area contributed by atoms with Crippen molar-refractivity contribution < 1.29 is 0 Å². The van der Waals surface area contributed by atoms with Gasteiger partial charge in [-0.3, -0.25) is 0 Å². The van der Waals surface area contributed by atoms with E-state index in [4.69, 9.17) is 0 Å². The molecule has 0 aliphatic rings. The number of nitrogens with one attached hydrogen (secondary N) is 1. The van der Waals surface area contributed by atoms with E-state index >= 15 is 0 Å². The fourth-order valence-corrected chi connectivity index (χ4v) is 3.67. The minimum atomic E-state index is 0.824. The molecule has 26 heavy (non-hydrogen) atoms. The number of aromatic nitrogens is 4. The Bertz CT molecular complexity index is 1060. The number of fused-ring (bicyclic) bond motifs is 1. The quantitative estimate of drug-likeness (QED) is 0.522. The molecule has 2 aromatic carbocycles. The van der Waals surface area contributed by atoms with Crippen LogP contribution in [0.1, 0.15) is 11.1 Å². The van der Waals surface area contributed by atoms with Crippen LogP contribution in [0.5, 0.6) is 0 Å². The number of anilines is 2. The number of imidazole rings is 1. The zero-order chi connectivity index (χ0) is 17.9. The zero-order valence-corrected chi connectivity index (χ0v) is 15.5. The number of nitrogens with zero attached hydrogens (tertiary/aromatic N) is 4. The molecule has 0 aliphatic heterocycles. The van der Waals surface area contributed by atoms with Gasteiger partial charge in [0, 0.05) is 36.3 Å². The van der Waals surface area contributed by atoms with E-state index in [0.717, 1.165) is 33.3 Å². The minimum absolute atomic E-state index is 0.824.